The number of ether oxygens (including phenoxy) is 2. The van der Waals surface area contributed by atoms with E-state index in [0.717, 1.165) is 12.8 Å². The smallest absolute Gasteiger partial charge is 0.327 e. The van der Waals surface area contributed by atoms with Crippen LogP contribution in [-0.4, -0.2) is 30.6 Å². The Labute approximate surface area is 130 Å². The van der Waals surface area contributed by atoms with Gasteiger partial charge in [-0.05, 0) is 25.0 Å². The number of rotatable bonds is 2. The first-order chi connectivity index (χ1) is 10.5. The van der Waals surface area contributed by atoms with E-state index in [1.165, 1.54) is 12.1 Å². The zero-order valence-corrected chi connectivity index (χ0v) is 12.0. The highest BCUT2D eigenvalue weighted by Crippen LogP contribution is 2.39. The van der Waals surface area contributed by atoms with Gasteiger partial charge in [-0.1, -0.05) is 11.6 Å². The summed E-state index contributed by atoms with van der Waals surface area (Å²) in [5.41, 5.74) is 4.34. The van der Waals surface area contributed by atoms with Crippen LogP contribution in [0.3, 0.4) is 0 Å². The summed E-state index contributed by atoms with van der Waals surface area (Å²) >= 11 is 5.96. The van der Waals surface area contributed by atoms with E-state index in [1.807, 2.05) is 5.43 Å². The third-order valence-electron chi connectivity index (χ3n) is 3.10. The number of hydrogen-bond acceptors (Lipinski definition) is 5. The second kappa shape index (κ2) is 5.72. The maximum Gasteiger partial charge on any atom is 0.327 e. The minimum Gasteiger partial charge on any atom is -0.454 e. The molecule has 1 heterocycles. The minimum absolute atomic E-state index is 0.0260. The summed E-state index contributed by atoms with van der Waals surface area (Å²) in [7, 11) is 0. The summed E-state index contributed by atoms with van der Waals surface area (Å²) in [4.78, 5) is 34.9. The molecule has 3 N–H and O–H groups in total. The number of carbonyl (C=O) groups is 3. The molecule has 1 aliphatic heterocycles. The molecule has 0 aromatic heterocycles. The molecule has 0 radical (unpaired) electrons. The normalized spacial score (nSPS) is 15.1. The first-order valence-electron chi connectivity index (χ1n) is 6.55. The average molecular weight is 326 g/mol. The fourth-order valence-electron chi connectivity index (χ4n) is 1.82. The van der Waals surface area contributed by atoms with E-state index < -0.39 is 17.7 Å². The standard InChI is InChI=1S/C13H12ClN3O5/c14-8-3-6(4-9-10(8)22-5-21-9)11(18)16-17-13(20)12(19)15-7-1-2-7/h3-4,7H,1-2,5H2,(H,15,19)(H,16,18)(H,17,20). The van der Waals surface area contributed by atoms with Crippen molar-refractivity contribution in [1.29, 1.82) is 0 Å². The topological polar surface area (TPSA) is 106 Å². The van der Waals surface area contributed by atoms with Crippen molar-refractivity contribution in [3.05, 3.63) is 22.7 Å². The zero-order valence-electron chi connectivity index (χ0n) is 11.3. The molecule has 116 valence electrons. The van der Waals surface area contributed by atoms with Gasteiger partial charge in [0.2, 0.25) is 6.79 Å². The molecule has 0 spiro atoms. The van der Waals surface area contributed by atoms with Gasteiger partial charge in [0.1, 0.15) is 0 Å². The van der Waals surface area contributed by atoms with Crippen molar-refractivity contribution in [3.8, 4) is 11.5 Å². The quantitative estimate of drug-likeness (QED) is 0.528. The van der Waals surface area contributed by atoms with E-state index in [-0.39, 0.29) is 23.4 Å². The lowest BCUT2D eigenvalue weighted by Crippen LogP contribution is -2.48. The Morgan fingerprint density at radius 2 is 1.86 bits per heavy atom. The van der Waals surface area contributed by atoms with Gasteiger partial charge in [-0.3, -0.25) is 25.2 Å². The van der Waals surface area contributed by atoms with Crippen LogP contribution >= 0.6 is 11.6 Å². The number of hydrogen-bond donors (Lipinski definition) is 3. The zero-order chi connectivity index (χ0) is 15.7. The number of amides is 3. The molecule has 1 fully saturated rings. The van der Waals surface area contributed by atoms with Gasteiger partial charge in [-0.15, -0.1) is 0 Å². The van der Waals surface area contributed by atoms with Crippen LogP contribution in [0.2, 0.25) is 5.02 Å². The molecule has 22 heavy (non-hydrogen) atoms. The number of carbonyl (C=O) groups excluding carboxylic acids is 3. The first-order valence-corrected chi connectivity index (χ1v) is 6.92. The highest BCUT2D eigenvalue weighted by atomic mass is 35.5. The summed E-state index contributed by atoms with van der Waals surface area (Å²) in [6.07, 6.45) is 1.72. The SMILES string of the molecule is O=C(NNC(=O)c1cc(Cl)c2c(c1)OCO2)C(=O)NC1CC1. The number of hydrazine groups is 1. The molecular weight excluding hydrogens is 314 g/mol. The molecule has 1 saturated carbocycles. The van der Waals surface area contributed by atoms with E-state index in [2.05, 4.69) is 10.7 Å². The first kappa shape index (κ1) is 14.5. The molecule has 0 atom stereocenters. The van der Waals surface area contributed by atoms with E-state index in [0.29, 0.717) is 11.5 Å². The molecule has 1 aromatic rings. The van der Waals surface area contributed by atoms with Crippen LogP contribution in [0.15, 0.2) is 12.1 Å². The van der Waals surface area contributed by atoms with Crippen LogP contribution < -0.4 is 25.6 Å². The van der Waals surface area contributed by atoms with Gasteiger partial charge in [0.15, 0.2) is 11.5 Å². The summed E-state index contributed by atoms with van der Waals surface area (Å²) in [6, 6.07) is 2.86. The highest BCUT2D eigenvalue weighted by Gasteiger charge is 2.27. The lowest BCUT2D eigenvalue weighted by molar-refractivity contribution is -0.139. The van der Waals surface area contributed by atoms with Crippen LogP contribution in [0.5, 0.6) is 11.5 Å². The van der Waals surface area contributed by atoms with Crippen LogP contribution in [0, 0.1) is 0 Å². The van der Waals surface area contributed by atoms with E-state index in [4.69, 9.17) is 21.1 Å². The van der Waals surface area contributed by atoms with E-state index in [1.54, 1.807) is 0 Å². The van der Waals surface area contributed by atoms with E-state index in [9.17, 15) is 14.4 Å². The Kier molecular flexibility index (Phi) is 3.76. The maximum absolute atomic E-state index is 11.9. The Hall–Kier alpha value is -2.48. The monoisotopic (exact) mass is 325 g/mol. The van der Waals surface area contributed by atoms with Crippen molar-refractivity contribution in [2.24, 2.45) is 0 Å². The lowest BCUT2D eigenvalue weighted by Gasteiger charge is -2.08. The van der Waals surface area contributed by atoms with Gasteiger partial charge in [0.05, 0.1) is 5.02 Å². The number of benzene rings is 1. The summed E-state index contributed by atoms with van der Waals surface area (Å²) < 4.78 is 10.3. The molecule has 0 bridgehead atoms. The molecule has 8 nitrogen and oxygen atoms in total. The van der Waals surface area contributed by atoms with Gasteiger partial charge in [-0.25, -0.2) is 0 Å². The molecule has 3 amide bonds. The Bertz CT molecular complexity index is 659. The second-order valence-corrected chi connectivity index (χ2v) is 5.26. The highest BCUT2D eigenvalue weighted by molar-refractivity contribution is 6.35. The van der Waals surface area contributed by atoms with Crippen molar-refractivity contribution in [2.75, 3.05) is 6.79 Å². The molecule has 2 aliphatic rings. The average Bonchev–Trinajstić information content (AvgIpc) is 3.17. The van der Waals surface area contributed by atoms with E-state index >= 15 is 0 Å². The van der Waals surface area contributed by atoms with Crippen molar-refractivity contribution < 1.29 is 23.9 Å². The summed E-state index contributed by atoms with van der Waals surface area (Å²) in [5.74, 6) is -1.65. The molecule has 1 aliphatic carbocycles. The molecule has 0 saturated heterocycles. The van der Waals surface area contributed by atoms with Crippen LogP contribution in [0.1, 0.15) is 23.2 Å². The lowest BCUT2D eigenvalue weighted by atomic mass is 10.2. The largest absolute Gasteiger partial charge is 0.454 e. The van der Waals surface area contributed by atoms with Crippen molar-refractivity contribution >= 4 is 29.3 Å². The molecular formula is C13H12ClN3O5. The molecule has 0 unspecified atom stereocenters. The second-order valence-electron chi connectivity index (χ2n) is 4.85. The fourth-order valence-corrected chi connectivity index (χ4v) is 2.08. The van der Waals surface area contributed by atoms with Crippen LogP contribution in [0.4, 0.5) is 0 Å². The number of halogens is 1. The van der Waals surface area contributed by atoms with Crippen molar-refractivity contribution in [3.63, 3.8) is 0 Å². The Morgan fingerprint density at radius 3 is 2.59 bits per heavy atom. The predicted octanol–water partition coefficient (Wildman–Crippen LogP) is 0.108. The van der Waals surface area contributed by atoms with Gasteiger partial charge < -0.3 is 14.8 Å². The summed E-state index contributed by atoms with van der Waals surface area (Å²) in [6.45, 7) is 0.0260. The van der Waals surface area contributed by atoms with Crippen molar-refractivity contribution in [1.82, 2.24) is 16.2 Å². The number of fused-ring (bicyclic) bond motifs is 1. The van der Waals surface area contributed by atoms with Crippen LogP contribution in [0.25, 0.3) is 0 Å². The van der Waals surface area contributed by atoms with Gasteiger partial charge in [0, 0.05) is 11.6 Å². The van der Waals surface area contributed by atoms with Crippen molar-refractivity contribution in [2.45, 2.75) is 18.9 Å². The fraction of sp³-hybridized carbons (Fsp3) is 0.308. The Morgan fingerprint density at radius 1 is 1.09 bits per heavy atom. The minimum atomic E-state index is -0.938. The maximum atomic E-state index is 11.9. The number of nitrogens with one attached hydrogen (secondary N) is 3. The van der Waals surface area contributed by atoms with Gasteiger partial charge >= 0.3 is 11.8 Å². The van der Waals surface area contributed by atoms with Gasteiger partial charge in [0.25, 0.3) is 5.91 Å². The predicted molar refractivity (Wildman–Crippen MR) is 74.3 cm³/mol. The van der Waals surface area contributed by atoms with Crippen LogP contribution in [-0.2, 0) is 9.59 Å². The summed E-state index contributed by atoms with van der Waals surface area (Å²) in [5, 5.41) is 2.72. The van der Waals surface area contributed by atoms with Gasteiger partial charge in [-0.2, -0.15) is 0 Å². The third kappa shape index (κ3) is 3.06. The molecule has 3 rings (SSSR count). The molecule has 1 aromatic carbocycles. The Balaban J connectivity index is 1.59. The third-order valence-corrected chi connectivity index (χ3v) is 3.38. The molecule has 9 heteroatoms.